The van der Waals surface area contributed by atoms with Crippen molar-refractivity contribution in [1.29, 1.82) is 0 Å². The summed E-state index contributed by atoms with van der Waals surface area (Å²) < 4.78 is 1.25. The van der Waals surface area contributed by atoms with Crippen LogP contribution >= 0.6 is 0 Å². The summed E-state index contributed by atoms with van der Waals surface area (Å²) in [6.07, 6.45) is 20.2. The Balaban J connectivity index is 0.00000784. The molecule has 0 aliphatic carbocycles. The summed E-state index contributed by atoms with van der Waals surface area (Å²) in [5.74, 6) is 0. The molecule has 0 aromatic heterocycles. The predicted octanol–water partition coefficient (Wildman–Crippen LogP) is 5.53. The molecule has 0 atom stereocenters. The van der Waals surface area contributed by atoms with Gasteiger partial charge in [0.2, 0.25) is 0 Å². The van der Waals surface area contributed by atoms with Gasteiger partial charge in [0.05, 0.1) is 19.6 Å². The highest BCUT2D eigenvalue weighted by molar-refractivity contribution is 5.13. The van der Waals surface area contributed by atoms with Crippen LogP contribution in [0.15, 0.2) is 30.3 Å². The first kappa shape index (κ1) is 28.5. The highest BCUT2D eigenvalue weighted by Gasteiger charge is 2.22. The van der Waals surface area contributed by atoms with Crippen molar-refractivity contribution in [2.24, 2.45) is 0 Å². The molecule has 1 nitrogen and oxygen atoms in total. The maximum absolute atomic E-state index is 2.37. The van der Waals surface area contributed by atoms with Crippen LogP contribution in [0, 0.1) is 0 Å². The van der Waals surface area contributed by atoms with E-state index in [0.29, 0.717) is 0 Å². The lowest BCUT2D eigenvalue weighted by Crippen LogP contribution is -3.00. The van der Waals surface area contributed by atoms with E-state index in [-0.39, 0.29) is 12.4 Å². The second kappa shape index (κ2) is 19.4. The third kappa shape index (κ3) is 14.2. The summed E-state index contributed by atoms with van der Waals surface area (Å²) in [5.41, 5.74) is 1.50. The van der Waals surface area contributed by atoms with Gasteiger partial charge in [-0.15, -0.1) is 0 Å². The van der Waals surface area contributed by atoms with Crippen molar-refractivity contribution < 1.29 is 16.9 Å². The largest absolute Gasteiger partial charge is 1.00 e. The van der Waals surface area contributed by atoms with Gasteiger partial charge < -0.3 is 16.9 Å². The van der Waals surface area contributed by atoms with E-state index in [4.69, 9.17) is 0 Å². The maximum atomic E-state index is 2.37. The molecule has 170 valence electrons. The minimum Gasteiger partial charge on any atom is -1.00 e. The van der Waals surface area contributed by atoms with Crippen molar-refractivity contribution in [3.8, 4) is 0 Å². The van der Waals surface area contributed by atoms with E-state index < -0.39 is 0 Å². The van der Waals surface area contributed by atoms with Crippen LogP contribution in [0.5, 0.6) is 0 Å². The van der Waals surface area contributed by atoms with Gasteiger partial charge in [-0.2, -0.15) is 0 Å². The summed E-state index contributed by atoms with van der Waals surface area (Å²) in [5, 5.41) is 0. The number of hydrogen-bond acceptors (Lipinski definition) is 0. The minimum atomic E-state index is 0. The average Bonchev–Trinajstić information content (AvgIpc) is 2.74. The van der Waals surface area contributed by atoms with Crippen LogP contribution in [-0.2, 0) is 6.54 Å². The summed E-state index contributed by atoms with van der Waals surface area (Å²) in [6, 6.07) is 11.1. The zero-order valence-corrected chi connectivity index (χ0v) is 20.7. The maximum Gasteiger partial charge on any atom is 0.104 e. The summed E-state index contributed by atoms with van der Waals surface area (Å²) in [7, 11) is 0. The van der Waals surface area contributed by atoms with Crippen LogP contribution in [-0.4, -0.2) is 24.1 Å². The van der Waals surface area contributed by atoms with Crippen LogP contribution in [0.25, 0.3) is 0 Å². The fourth-order valence-electron chi connectivity index (χ4n) is 4.45. The van der Waals surface area contributed by atoms with Gasteiger partial charge in [0.1, 0.15) is 6.54 Å². The predicted molar refractivity (Wildman–Crippen MR) is 127 cm³/mol. The SMILES string of the molecule is CCCCCCCCCCCCCCCC[N+](CC)(CC)Cc1ccccc1.[Cl-]. The first-order chi connectivity index (χ1) is 13.8. The van der Waals surface area contributed by atoms with E-state index in [1.807, 2.05) is 0 Å². The quantitative estimate of drug-likeness (QED) is 0.203. The fourth-order valence-corrected chi connectivity index (χ4v) is 4.45. The lowest BCUT2D eigenvalue weighted by Gasteiger charge is -2.37. The molecule has 29 heavy (non-hydrogen) atoms. The van der Waals surface area contributed by atoms with Gasteiger partial charge >= 0.3 is 0 Å². The molecule has 0 radical (unpaired) electrons. The monoisotopic (exact) mass is 423 g/mol. The van der Waals surface area contributed by atoms with Crippen LogP contribution in [0.4, 0.5) is 0 Å². The molecule has 0 spiro atoms. The molecular weight excluding hydrogens is 374 g/mol. The van der Waals surface area contributed by atoms with Gasteiger partial charge in [-0.05, 0) is 26.7 Å². The molecule has 0 heterocycles. The lowest BCUT2D eigenvalue weighted by atomic mass is 10.0. The summed E-state index contributed by atoms with van der Waals surface area (Å²) >= 11 is 0. The number of rotatable bonds is 19. The molecule has 1 rings (SSSR count). The standard InChI is InChI=1S/C27H50N.ClH/c1-4-7-8-9-10-11-12-13-14-15-16-17-18-22-25-28(5-2,6-3)26-27-23-20-19-21-24-27;/h19-21,23-24H,4-18,22,25-26H2,1-3H3;1H/q+1;/p-1. The van der Waals surface area contributed by atoms with Gasteiger partial charge in [0.15, 0.2) is 0 Å². The Hall–Kier alpha value is -0.530. The van der Waals surface area contributed by atoms with Crippen molar-refractivity contribution in [2.75, 3.05) is 19.6 Å². The van der Waals surface area contributed by atoms with Crippen molar-refractivity contribution in [1.82, 2.24) is 0 Å². The third-order valence-corrected chi connectivity index (χ3v) is 6.69. The average molecular weight is 424 g/mol. The van der Waals surface area contributed by atoms with Gasteiger partial charge in [-0.3, -0.25) is 0 Å². The van der Waals surface area contributed by atoms with E-state index in [2.05, 4.69) is 51.1 Å². The zero-order chi connectivity index (χ0) is 20.3. The van der Waals surface area contributed by atoms with E-state index in [0.717, 1.165) is 0 Å². The van der Waals surface area contributed by atoms with Crippen molar-refractivity contribution in [3.63, 3.8) is 0 Å². The second-order valence-electron chi connectivity index (χ2n) is 8.94. The Kier molecular flexibility index (Phi) is 19.1. The highest BCUT2D eigenvalue weighted by Crippen LogP contribution is 2.18. The first-order valence-corrected chi connectivity index (χ1v) is 12.7. The molecule has 0 unspecified atom stereocenters. The molecule has 2 heteroatoms. The summed E-state index contributed by atoms with van der Waals surface area (Å²) in [6.45, 7) is 12.1. The Morgan fingerprint density at radius 2 is 0.966 bits per heavy atom. The number of halogens is 1. The Morgan fingerprint density at radius 3 is 1.38 bits per heavy atom. The lowest BCUT2D eigenvalue weighted by molar-refractivity contribution is -0.938. The Labute approximate surface area is 189 Å². The molecule has 1 aromatic carbocycles. The van der Waals surface area contributed by atoms with Crippen molar-refractivity contribution in [3.05, 3.63) is 35.9 Å². The fraction of sp³-hybridized carbons (Fsp3) is 0.778. The molecule has 0 N–H and O–H groups in total. The van der Waals surface area contributed by atoms with Crippen LogP contribution < -0.4 is 12.4 Å². The number of unbranched alkanes of at least 4 members (excludes halogenated alkanes) is 13. The van der Waals surface area contributed by atoms with Crippen LogP contribution in [0.1, 0.15) is 116 Å². The van der Waals surface area contributed by atoms with Crippen LogP contribution in [0.2, 0.25) is 0 Å². The van der Waals surface area contributed by atoms with E-state index in [1.54, 1.807) is 0 Å². The Morgan fingerprint density at radius 1 is 0.552 bits per heavy atom. The molecule has 0 saturated heterocycles. The molecule has 0 fully saturated rings. The number of quaternary nitrogens is 1. The molecular formula is C27H50ClN. The molecule has 0 aliphatic rings. The van der Waals surface area contributed by atoms with Crippen molar-refractivity contribution in [2.45, 2.75) is 117 Å². The molecule has 0 bridgehead atoms. The number of benzene rings is 1. The molecule has 0 amide bonds. The normalized spacial score (nSPS) is 11.4. The van der Waals surface area contributed by atoms with Crippen molar-refractivity contribution >= 4 is 0 Å². The van der Waals surface area contributed by atoms with E-state index in [9.17, 15) is 0 Å². The van der Waals surface area contributed by atoms with Gasteiger partial charge in [0, 0.05) is 5.56 Å². The van der Waals surface area contributed by atoms with Gasteiger partial charge in [-0.25, -0.2) is 0 Å². The second-order valence-corrected chi connectivity index (χ2v) is 8.94. The third-order valence-electron chi connectivity index (χ3n) is 6.69. The molecule has 0 saturated carbocycles. The minimum absolute atomic E-state index is 0. The molecule has 1 aromatic rings. The number of nitrogens with zero attached hydrogens (tertiary/aromatic N) is 1. The zero-order valence-electron chi connectivity index (χ0n) is 19.9. The first-order valence-electron chi connectivity index (χ1n) is 12.7. The van der Waals surface area contributed by atoms with Gasteiger partial charge in [-0.1, -0.05) is 114 Å². The van der Waals surface area contributed by atoms with Gasteiger partial charge in [0.25, 0.3) is 0 Å². The van der Waals surface area contributed by atoms with Crippen LogP contribution in [0.3, 0.4) is 0 Å². The number of hydrogen-bond donors (Lipinski definition) is 0. The highest BCUT2D eigenvalue weighted by atomic mass is 35.5. The Bertz CT molecular complexity index is 441. The van der Waals surface area contributed by atoms with E-state index in [1.165, 1.54) is 126 Å². The molecule has 0 aliphatic heterocycles. The smallest absolute Gasteiger partial charge is 0.104 e. The summed E-state index contributed by atoms with van der Waals surface area (Å²) in [4.78, 5) is 0. The van der Waals surface area contributed by atoms with E-state index >= 15 is 0 Å². The topological polar surface area (TPSA) is 0 Å².